The molecule has 0 amide bonds. The number of hydrogen-bond acceptors (Lipinski definition) is 3. The predicted molar refractivity (Wildman–Crippen MR) is 97.1 cm³/mol. The van der Waals surface area contributed by atoms with Crippen molar-refractivity contribution in [3.05, 3.63) is 88.8 Å². The zero-order valence-corrected chi connectivity index (χ0v) is 13.6. The molecule has 0 spiro atoms. The lowest BCUT2D eigenvalue weighted by atomic mass is 10.0. The first kappa shape index (κ1) is 15.0. The highest BCUT2D eigenvalue weighted by atomic mass is 16.3. The summed E-state index contributed by atoms with van der Waals surface area (Å²) in [7, 11) is 1.90. The molecule has 120 valence electrons. The monoisotopic (exact) mass is 326 g/mol. The molecule has 0 fully saturated rings. The smallest absolute Gasteiger partial charge is 0.200 e. The minimum Gasteiger partial charge on any atom is -0.463 e. The summed E-state index contributed by atoms with van der Waals surface area (Å²) in [4.78, 5) is 16.9. The number of rotatable bonds is 1. The standard InChI is InChI=1S/C21H14N2O2/c1-23-12-17(22-14-23)9-7-15-8-10-18-20(11-15)25-13-19(21(18)24)16-5-3-2-4-6-16/h2-6,8,10-14H,1H3. The van der Waals surface area contributed by atoms with Gasteiger partial charge in [0.1, 0.15) is 17.5 Å². The maximum atomic E-state index is 12.7. The fourth-order valence-electron chi connectivity index (χ4n) is 2.64. The zero-order valence-electron chi connectivity index (χ0n) is 13.6. The van der Waals surface area contributed by atoms with Crippen LogP contribution in [-0.2, 0) is 7.05 Å². The summed E-state index contributed by atoms with van der Waals surface area (Å²) in [6, 6.07) is 14.9. The van der Waals surface area contributed by atoms with Crippen molar-refractivity contribution in [2.24, 2.45) is 7.05 Å². The first-order valence-corrected chi connectivity index (χ1v) is 7.82. The fourth-order valence-corrected chi connectivity index (χ4v) is 2.64. The van der Waals surface area contributed by atoms with E-state index in [0.29, 0.717) is 22.2 Å². The molecule has 4 heteroatoms. The quantitative estimate of drug-likeness (QED) is 0.502. The van der Waals surface area contributed by atoms with Gasteiger partial charge in [0.2, 0.25) is 0 Å². The molecule has 4 nitrogen and oxygen atoms in total. The number of aryl methyl sites for hydroxylation is 1. The largest absolute Gasteiger partial charge is 0.463 e. The summed E-state index contributed by atoms with van der Waals surface area (Å²) in [5.74, 6) is 6.04. The van der Waals surface area contributed by atoms with Gasteiger partial charge in [-0.2, -0.15) is 0 Å². The van der Waals surface area contributed by atoms with Crippen LogP contribution >= 0.6 is 0 Å². The van der Waals surface area contributed by atoms with E-state index in [1.54, 1.807) is 18.5 Å². The number of imidazole rings is 1. The van der Waals surface area contributed by atoms with E-state index in [0.717, 1.165) is 11.1 Å². The predicted octanol–water partition coefficient (Wildman–Crippen LogP) is 3.59. The Labute approximate surface area is 144 Å². The molecule has 0 aliphatic rings. The molecule has 0 bridgehead atoms. The maximum Gasteiger partial charge on any atom is 0.200 e. The van der Waals surface area contributed by atoms with Crippen LogP contribution in [0.3, 0.4) is 0 Å². The first-order valence-electron chi connectivity index (χ1n) is 7.82. The van der Waals surface area contributed by atoms with Crippen LogP contribution < -0.4 is 5.43 Å². The average molecular weight is 326 g/mol. The van der Waals surface area contributed by atoms with Gasteiger partial charge in [-0.15, -0.1) is 0 Å². The van der Waals surface area contributed by atoms with Crippen LogP contribution in [0, 0.1) is 11.8 Å². The Bertz CT molecular complexity index is 1180. The third-order valence-electron chi connectivity index (χ3n) is 3.90. The molecule has 4 rings (SSSR count). The molecule has 0 saturated heterocycles. The number of fused-ring (bicyclic) bond motifs is 1. The Kier molecular flexibility index (Phi) is 3.68. The third-order valence-corrected chi connectivity index (χ3v) is 3.90. The van der Waals surface area contributed by atoms with Gasteiger partial charge >= 0.3 is 0 Å². The molecule has 2 heterocycles. The molecule has 0 aliphatic carbocycles. The molecule has 0 aliphatic heterocycles. The van der Waals surface area contributed by atoms with Gasteiger partial charge in [0.05, 0.1) is 17.3 Å². The average Bonchev–Trinajstić information content (AvgIpc) is 3.06. The summed E-state index contributed by atoms with van der Waals surface area (Å²) >= 11 is 0. The van der Waals surface area contributed by atoms with Gasteiger partial charge < -0.3 is 8.98 Å². The summed E-state index contributed by atoms with van der Waals surface area (Å²) in [6.45, 7) is 0. The van der Waals surface area contributed by atoms with Crippen molar-refractivity contribution in [2.45, 2.75) is 0 Å². The second-order valence-corrected chi connectivity index (χ2v) is 5.73. The molecular weight excluding hydrogens is 312 g/mol. The molecule has 2 aromatic heterocycles. The number of benzene rings is 2. The van der Waals surface area contributed by atoms with E-state index >= 15 is 0 Å². The second kappa shape index (κ2) is 6.14. The van der Waals surface area contributed by atoms with E-state index < -0.39 is 0 Å². The Balaban J connectivity index is 1.76. The summed E-state index contributed by atoms with van der Waals surface area (Å²) in [5, 5.41) is 0.546. The Morgan fingerprint density at radius 3 is 2.68 bits per heavy atom. The minimum absolute atomic E-state index is 0.0447. The molecule has 25 heavy (non-hydrogen) atoms. The van der Waals surface area contributed by atoms with E-state index in [1.165, 1.54) is 6.26 Å². The lowest BCUT2D eigenvalue weighted by molar-refractivity contribution is 0.604. The van der Waals surface area contributed by atoms with E-state index in [4.69, 9.17) is 4.42 Å². The Morgan fingerprint density at radius 2 is 1.92 bits per heavy atom. The van der Waals surface area contributed by atoms with E-state index in [1.807, 2.05) is 54.2 Å². The van der Waals surface area contributed by atoms with Gasteiger partial charge in [-0.1, -0.05) is 36.3 Å². The van der Waals surface area contributed by atoms with Gasteiger partial charge in [-0.3, -0.25) is 4.79 Å². The summed E-state index contributed by atoms with van der Waals surface area (Å²) in [5.41, 5.74) is 3.35. The van der Waals surface area contributed by atoms with Crippen LogP contribution in [0.25, 0.3) is 22.1 Å². The van der Waals surface area contributed by atoms with Crippen LogP contribution in [0.5, 0.6) is 0 Å². The number of hydrogen-bond donors (Lipinski definition) is 0. The lowest BCUT2D eigenvalue weighted by Gasteiger charge is -2.03. The maximum absolute atomic E-state index is 12.7. The van der Waals surface area contributed by atoms with Gasteiger partial charge in [-0.25, -0.2) is 4.98 Å². The highest BCUT2D eigenvalue weighted by molar-refractivity contribution is 5.82. The highest BCUT2D eigenvalue weighted by Crippen LogP contribution is 2.20. The highest BCUT2D eigenvalue weighted by Gasteiger charge is 2.09. The van der Waals surface area contributed by atoms with Crippen LogP contribution in [0.1, 0.15) is 11.3 Å². The molecule has 0 saturated carbocycles. The van der Waals surface area contributed by atoms with Gasteiger partial charge in [0, 0.05) is 18.8 Å². The lowest BCUT2D eigenvalue weighted by Crippen LogP contribution is -2.04. The van der Waals surface area contributed by atoms with Crippen molar-refractivity contribution in [3.63, 3.8) is 0 Å². The molecule has 0 atom stereocenters. The summed E-state index contributed by atoms with van der Waals surface area (Å²) in [6.07, 6.45) is 5.06. The van der Waals surface area contributed by atoms with Crippen molar-refractivity contribution in [1.29, 1.82) is 0 Å². The minimum atomic E-state index is -0.0447. The first-order chi connectivity index (χ1) is 12.2. The Morgan fingerprint density at radius 1 is 1.08 bits per heavy atom. The second-order valence-electron chi connectivity index (χ2n) is 5.73. The van der Waals surface area contributed by atoms with Gasteiger partial charge in [0.15, 0.2) is 5.43 Å². The molecule has 0 radical (unpaired) electrons. The molecule has 4 aromatic rings. The van der Waals surface area contributed by atoms with E-state index in [2.05, 4.69) is 16.8 Å². The van der Waals surface area contributed by atoms with Crippen molar-refractivity contribution in [1.82, 2.24) is 9.55 Å². The van der Waals surface area contributed by atoms with Crippen molar-refractivity contribution in [3.8, 4) is 23.0 Å². The topological polar surface area (TPSA) is 48.0 Å². The van der Waals surface area contributed by atoms with E-state index in [-0.39, 0.29) is 5.43 Å². The molecule has 0 unspecified atom stereocenters. The molecule has 0 N–H and O–H groups in total. The van der Waals surface area contributed by atoms with Crippen LogP contribution in [0.2, 0.25) is 0 Å². The number of aromatic nitrogens is 2. The SMILES string of the molecule is Cn1cnc(C#Cc2ccc3c(=O)c(-c4ccccc4)coc3c2)c1. The van der Waals surface area contributed by atoms with E-state index in [9.17, 15) is 4.79 Å². The third kappa shape index (κ3) is 2.96. The van der Waals surface area contributed by atoms with Crippen LogP contribution in [0.15, 0.2) is 76.5 Å². The Hall–Kier alpha value is -3.58. The van der Waals surface area contributed by atoms with Crippen LogP contribution in [-0.4, -0.2) is 9.55 Å². The van der Waals surface area contributed by atoms with Crippen molar-refractivity contribution >= 4 is 11.0 Å². The van der Waals surface area contributed by atoms with Gasteiger partial charge in [-0.05, 0) is 29.7 Å². The fraction of sp³-hybridized carbons (Fsp3) is 0.0476. The summed E-state index contributed by atoms with van der Waals surface area (Å²) < 4.78 is 7.53. The van der Waals surface area contributed by atoms with Crippen molar-refractivity contribution in [2.75, 3.05) is 0 Å². The normalized spacial score (nSPS) is 10.4. The number of nitrogens with zero attached hydrogens (tertiary/aromatic N) is 2. The van der Waals surface area contributed by atoms with Crippen LogP contribution in [0.4, 0.5) is 0 Å². The van der Waals surface area contributed by atoms with Gasteiger partial charge in [0.25, 0.3) is 0 Å². The molecular formula is C21H14N2O2. The van der Waals surface area contributed by atoms with Crippen molar-refractivity contribution < 1.29 is 4.42 Å². The zero-order chi connectivity index (χ0) is 17.2. The molecule has 2 aromatic carbocycles.